The fourth-order valence-corrected chi connectivity index (χ4v) is 4.78. The van der Waals surface area contributed by atoms with E-state index in [4.69, 9.17) is 5.73 Å². The molecule has 4 aromatic heterocycles. The van der Waals surface area contributed by atoms with Gasteiger partial charge in [-0.05, 0) is 36.4 Å². The molecule has 4 heterocycles. The number of thiophene rings is 1. The number of nitrogens with zero attached hydrogens (tertiary/aromatic N) is 3. The lowest BCUT2D eigenvalue weighted by molar-refractivity contribution is 0.103. The van der Waals surface area contributed by atoms with E-state index in [9.17, 15) is 4.79 Å². The average molecular weight is 403 g/mol. The van der Waals surface area contributed by atoms with Crippen LogP contribution in [-0.2, 0) is 0 Å². The van der Waals surface area contributed by atoms with Gasteiger partial charge in [0.1, 0.15) is 9.71 Å². The number of carbonyl (C=O) groups is 1. The first-order valence-corrected chi connectivity index (χ1v) is 10.1. The number of fused-ring (bicyclic) bond motifs is 2. The van der Waals surface area contributed by atoms with Gasteiger partial charge in [-0.25, -0.2) is 9.97 Å². The van der Waals surface area contributed by atoms with E-state index < -0.39 is 0 Å². The predicted molar refractivity (Wildman–Crippen MR) is 115 cm³/mol. The molecule has 0 spiro atoms. The van der Waals surface area contributed by atoms with E-state index in [1.807, 2.05) is 48.5 Å². The summed E-state index contributed by atoms with van der Waals surface area (Å²) in [6, 6.07) is 15.3. The van der Waals surface area contributed by atoms with Gasteiger partial charge in [-0.2, -0.15) is 0 Å². The molecule has 0 aliphatic rings. The third-order valence-corrected chi connectivity index (χ3v) is 6.36. The van der Waals surface area contributed by atoms with Crippen molar-refractivity contribution in [2.75, 3.05) is 11.1 Å². The molecule has 0 radical (unpaired) electrons. The molecule has 28 heavy (non-hydrogen) atoms. The van der Waals surface area contributed by atoms with Crippen molar-refractivity contribution >= 4 is 59.8 Å². The molecule has 5 rings (SSSR count). The average Bonchev–Trinajstić information content (AvgIpc) is 3.28. The number of benzene rings is 1. The molecule has 8 heteroatoms. The molecule has 3 N–H and O–H groups in total. The van der Waals surface area contributed by atoms with Crippen molar-refractivity contribution in [2.45, 2.75) is 0 Å². The first-order valence-electron chi connectivity index (χ1n) is 8.45. The highest BCUT2D eigenvalue weighted by Crippen LogP contribution is 2.35. The predicted octanol–water partition coefficient (Wildman–Crippen LogP) is 4.80. The van der Waals surface area contributed by atoms with Crippen molar-refractivity contribution in [3.63, 3.8) is 0 Å². The second-order valence-electron chi connectivity index (χ2n) is 6.07. The minimum Gasteiger partial charge on any atom is -0.397 e. The van der Waals surface area contributed by atoms with Gasteiger partial charge in [0.25, 0.3) is 5.91 Å². The maximum atomic E-state index is 12.8. The number of nitrogen functional groups attached to an aromatic ring is 1. The van der Waals surface area contributed by atoms with Crippen molar-refractivity contribution < 1.29 is 4.79 Å². The van der Waals surface area contributed by atoms with Crippen molar-refractivity contribution in [1.82, 2.24) is 15.0 Å². The number of aromatic nitrogens is 3. The molecule has 0 aliphatic heterocycles. The zero-order chi connectivity index (χ0) is 19.1. The molecule has 0 atom stereocenters. The standard InChI is InChI=1S/C20H13N5OS2/c21-16-12-5-6-13(11-7-9-22-10-8-11)23-19(12)28-17(16)18(26)25-20-24-14-3-1-2-4-15(14)27-20/h1-10H,21H2,(H,24,25,26). The van der Waals surface area contributed by atoms with Gasteiger partial charge in [0.05, 0.1) is 21.6 Å². The summed E-state index contributed by atoms with van der Waals surface area (Å²) in [4.78, 5) is 27.1. The van der Waals surface area contributed by atoms with Crippen LogP contribution in [0.15, 0.2) is 60.9 Å². The van der Waals surface area contributed by atoms with E-state index in [1.54, 1.807) is 12.4 Å². The number of hydrogen-bond acceptors (Lipinski definition) is 7. The van der Waals surface area contributed by atoms with Crippen LogP contribution < -0.4 is 11.1 Å². The van der Waals surface area contributed by atoms with Crippen LogP contribution >= 0.6 is 22.7 Å². The molecule has 6 nitrogen and oxygen atoms in total. The number of carbonyl (C=O) groups excluding carboxylic acids is 1. The Balaban J connectivity index is 1.49. The minimum atomic E-state index is -0.273. The van der Waals surface area contributed by atoms with Gasteiger partial charge in [-0.3, -0.25) is 15.1 Å². The zero-order valence-electron chi connectivity index (χ0n) is 14.4. The highest BCUT2D eigenvalue weighted by molar-refractivity contribution is 7.23. The normalized spacial score (nSPS) is 11.1. The molecule has 5 aromatic rings. The summed E-state index contributed by atoms with van der Waals surface area (Å²) < 4.78 is 1.02. The zero-order valence-corrected chi connectivity index (χ0v) is 16.1. The van der Waals surface area contributed by atoms with Crippen LogP contribution in [0.5, 0.6) is 0 Å². The first kappa shape index (κ1) is 16.8. The number of nitrogens with one attached hydrogen (secondary N) is 1. The summed E-state index contributed by atoms with van der Waals surface area (Å²) >= 11 is 2.71. The molecule has 0 bridgehead atoms. The van der Waals surface area contributed by atoms with E-state index in [1.165, 1.54) is 22.7 Å². The Morgan fingerprint density at radius 3 is 2.61 bits per heavy atom. The molecule has 1 amide bonds. The maximum Gasteiger partial charge on any atom is 0.269 e. The van der Waals surface area contributed by atoms with Crippen LogP contribution in [0.1, 0.15) is 9.67 Å². The Labute approximate surface area is 167 Å². The van der Waals surface area contributed by atoms with Gasteiger partial charge in [-0.1, -0.05) is 23.5 Å². The summed E-state index contributed by atoms with van der Waals surface area (Å²) in [5, 5.41) is 4.18. The molecule has 0 fully saturated rings. The summed E-state index contributed by atoms with van der Waals surface area (Å²) in [6.45, 7) is 0. The van der Waals surface area contributed by atoms with Crippen molar-refractivity contribution in [3.8, 4) is 11.3 Å². The third-order valence-electron chi connectivity index (χ3n) is 4.29. The Kier molecular flexibility index (Phi) is 4.00. The smallest absolute Gasteiger partial charge is 0.269 e. The number of nitrogens with two attached hydrogens (primary N) is 1. The first-order chi connectivity index (χ1) is 13.7. The van der Waals surface area contributed by atoms with E-state index in [-0.39, 0.29) is 5.91 Å². The molecule has 0 aliphatic carbocycles. The Bertz CT molecular complexity index is 1290. The van der Waals surface area contributed by atoms with E-state index in [0.717, 1.165) is 31.7 Å². The van der Waals surface area contributed by atoms with Gasteiger partial charge >= 0.3 is 0 Å². The van der Waals surface area contributed by atoms with Crippen LogP contribution in [0.3, 0.4) is 0 Å². The van der Waals surface area contributed by atoms with E-state index in [0.29, 0.717) is 15.7 Å². The third kappa shape index (κ3) is 2.88. The SMILES string of the molecule is Nc1c(C(=O)Nc2nc3ccccc3s2)sc2nc(-c3ccncc3)ccc12. The lowest BCUT2D eigenvalue weighted by atomic mass is 10.1. The summed E-state index contributed by atoms with van der Waals surface area (Å²) in [7, 11) is 0. The number of thiazole rings is 1. The van der Waals surface area contributed by atoms with Crippen molar-refractivity contribution in [3.05, 3.63) is 65.8 Å². The Morgan fingerprint density at radius 2 is 1.79 bits per heavy atom. The number of rotatable bonds is 3. The second-order valence-corrected chi connectivity index (χ2v) is 8.10. The molecule has 0 saturated heterocycles. The van der Waals surface area contributed by atoms with Crippen LogP contribution in [0, 0.1) is 0 Å². The Hall–Kier alpha value is -3.36. The number of para-hydroxylation sites is 1. The minimum absolute atomic E-state index is 0.273. The topological polar surface area (TPSA) is 93.8 Å². The number of hydrogen-bond donors (Lipinski definition) is 2. The molecule has 0 saturated carbocycles. The second kappa shape index (κ2) is 6.66. The summed E-state index contributed by atoms with van der Waals surface area (Å²) in [5.74, 6) is -0.273. The van der Waals surface area contributed by atoms with Crippen molar-refractivity contribution in [2.24, 2.45) is 0 Å². The molecule has 1 aromatic carbocycles. The molecule has 0 unspecified atom stereocenters. The van der Waals surface area contributed by atoms with Crippen molar-refractivity contribution in [1.29, 1.82) is 0 Å². The van der Waals surface area contributed by atoms with Gasteiger partial charge < -0.3 is 5.73 Å². The molecular weight excluding hydrogens is 390 g/mol. The van der Waals surface area contributed by atoms with Crippen LogP contribution in [0.25, 0.3) is 31.7 Å². The molecular formula is C20H13N5OS2. The van der Waals surface area contributed by atoms with E-state index >= 15 is 0 Å². The maximum absolute atomic E-state index is 12.8. The lowest BCUT2D eigenvalue weighted by Gasteiger charge is -2.00. The summed E-state index contributed by atoms with van der Waals surface area (Å²) in [5.41, 5.74) is 9.31. The van der Waals surface area contributed by atoms with Crippen LogP contribution in [0.2, 0.25) is 0 Å². The van der Waals surface area contributed by atoms with Gasteiger partial charge in [0.15, 0.2) is 5.13 Å². The Morgan fingerprint density at radius 1 is 0.964 bits per heavy atom. The number of amides is 1. The van der Waals surface area contributed by atoms with Gasteiger partial charge in [0, 0.05) is 23.3 Å². The lowest BCUT2D eigenvalue weighted by Crippen LogP contribution is -2.11. The number of pyridine rings is 2. The van der Waals surface area contributed by atoms with Crippen LogP contribution in [0.4, 0.5) is 10.8 Å². The molecule has 136 valence electrons. The van der Waals surface area contributed by atoms with Gasteiger partial charge in [0.2, 0.25) is 0 Å². The van der Waals surface area contributed by atoms with Gasteiger partial charge in [-0.15, -0.1) is 11.3 Å². The fraction of sp³-hybridized carbons (Fsp3) is 0. The fourth-order valence-electron chi connectivity index (χ4n) is 2.93. The highest BCUT2D eigenvalue weighted by atomic mass is 32.1. The quantitative estimate of drug-likeness (QED) is 0.451. The monoisotopic (exact) mass is 403 g/mol. The highest BCUT2D eigenvalue weighted by Gasteiger charge is 2.19. The largest absolute Gasteiger partial charge is 0.397 e. The van der Waals surface area contributed by atoms with Crippen LogP contribution in [-0.4, -0.2) is 20.9 Å². The summed E-state index contributed by atoms with van der Waals surface area (Å²) in [6.07, 6.45) is 3.45. The number of anilines is 2. The van der Waals surface area contributed by atoms with E-state index in [2.05, 4.69) is 20.3 Å².